The molecule has 2 N–H and O–H groups in total. The fourth-order valence-electron chi connectivity index (χ4n) is 2.99. The molecular weight excluding hydrogens is 286 g/mol. The number of hydrogen-bond donors (Lipinski definition) is 2. The molecule has 3 nitrogen and oxygen atoms in total. The highest BCUT2D eigenvalue weighted by Gasteiger charge is 2.34. The second kappa shape index (κ2) is 8.02. The standard InChI is InChI=1S/C17H26ClNO2/c1-3-13(4-2)19-15-9-6-10-16(17(15)20)21-14-8-5-7-12(18)11-14/h5,7-8,11,13,15-17,19-20H,3-4,6,9-10H2,1-2H3/t15-,16+,17+/m0/s1. The fourth-order valence-corrected chi connectivity index (χ4v) is 3.17. The lowest BCUT2D eigenvalue weighted by molar-refractivity contribution is -0.0183. The Kier molecular flexibility index (Phi) is 6.34. The van der Waals surface area contributed by atoms with Gasteiger partial charge in [-0.05, 0) is 50.3 Å². The summed E-state index contributed by atoms with van der Waals surface area (Å²) in [6, 6.07) is 7.96. The van der Waals surface area contributed by atoms with Gasteiger partial charge >= 0.3 is 0 Å². The van der Waals surface area contributed by atoms with Crippen molar-refractivity contribution in [3.63, 3.8) is 0 Å². The molecule has 0 heterocycles. The minimum absolute atomic E-state index is 0.118. The number of aliphatic hydroxyl groups excluding tert-OH is 1. The lowest BCUT2D eigenvalue weighted by Crippen LogP contribution is -2.53. The van der Waals surface area contributed by atoms with Crippen molar-refractivity contribution in [1.82, 2.24) is 5.32 Å². The lowest BCUT2D eigenvalue weighted by Gasteiger charge is -2.37. The molecule has 0 saturated heterocycles. The van der Waals surface area contributed by atoms with Crippen LogP contribution < -0.4 is 10.1 Å². The van der Waals surface area contributed by atoms with Crippen LogP contribution in [-0.2, 0) is 0 Å². The zero-order valence-electron chi connectivity index (χ0n) is 12.9. The summed E-state index contributed by atoms with van der Waals surface area (Å²) in [7, 11) is 0. The van der Waals surface area contributed by atoms with Crippen LogP contribution in [0.4, 0.5) is 0 Å². The Morgan fingerprint density at radius 3 is 2.76 bits per heavy atom. The van der Waals surface area contributed by atoms with E-state index in [9.17, 15) is 5.11 Å². The molecule has 2 rings (SSSR count). The van der Waals surface area contributed by atoms with Gasteiger partial charge in [-0.3, -0.25) is 0 Å². The van der Waals surface area contributed by atoms with Crippen molar-refractivity contribution in [2.45, 2.75) is 70.2 Å². The second-order valence-corrected chi connectivity index (χ2v) is 6.26. The van der Waals surface area contributed by atoms with Gasteiger partial charge in [0.2, 0.25) is 0 Å². The van der Waals surface area contributed by atoms with Gasteiger partial charge < -0.3 is 15.2 Å². The normalized spacial score (nSPS) is 26.0. The Morgan fingerprint density at radius 2 is 2.10 bits per heavy atom. The zero-order chi connectivity index (χ0) is 15.2. The summed E-state index contributed by atoms with van der Waals surface area (Å²) >= 11 is 5.98. The van der Waals surface area contributed by atoms with Crippen LogP contribution in [0.25, 0.3) is 0 Å². The molecular formula is C17H26ClNO2. The maximum atomic E-state index is 10.6. The Balaban J connectivity index is 1.97. The summed E-state index contributed by atoms with van der Waals surface area (Å²) in [4.78, 5) is 0. The molecule has 0 amide bonds. The summed E-state index contributed by atoms with van der Waals surface area (Å²) in [5.74, 6) is 0.731. The molecule has 3 atom stereocenters. The predicted molar refractivity (Wildman–Crippen MR) is 87.0 cm³/mol. The molecule has 21 heavy (non-hydrogen) atoms. The van der Waals surface area contributed by atoms with E-state index < -0.39 is 6.10 Å². The van der Waals surface area contributed by atoms with Crippen LogP contribution in [0.5, 0.6) is 5.75 Å². The molecule has 1 aromatic carbocycles. The van der Waals surface area contributed by atoms with Crippen LogP contribution in [0.3, 0.4) is 0 Å². The van der Waals surface area contributed by atoms with Crippen LogP contribution >= 0.6 is 11.6 Å². The first-order chi connectivity index (χ1) is 10.1. The quantitative estimate of drug-likeness (QED) is 0.840. The van der Waals surface area contributed by atoms with Gasteiger partial charge in [-0.1, -0.05) is 31.5 Å². The highest BCUT2D eigenvalue weighted by molar-refractivity contribution is 6.30. The molecule has 0 bridgehead atoms. The Labute approximate surface area is 132 Å². The third-order valence-electron chi connectivity index (χ3n) is 4.32. The first-order valence-corrected chi connectivity index (χ1v) is 8.38. The molecule has 0 radical (unpaired) electrons. The molecule has 0 unspecified atom stereocenters. The topological polar surface area (TPSA) is 41.5 Å². The van der Waals surface area contributed by atoms with Gasteiger partial charge in [0.25, 0.3) is 0 Å². The number of aliphatic hydroxyl groups is 1. The molecule has 118 valence electrons. The van der Waals surface area contributed by atoms with Gasteiger partial charge in [-0.25, -0.2) is 0 Å². The van der Waals surface area contributed by atoms with E-state index in [1.165, 1.54) is 0 Å². The Morgan fingerprint density at radius 1 is 1.33 bits per heavy atom. The largest absolute Gasteiger partial charge is 0.488 e. The van der Waals surface area contributed by atoms with Gasteiger partial charge in [0.1, 0.15) is 18.0 Å². The Hall–Kier alpha value is -0.770. The monoisotopic (exact) mass is 311 g/mol. The minimum atomic E-state index is -0.474. The number of nitrogens with one attached hydrogen (secondary N) is 1. The van der Waals surface area contributed by atoms with Crippen molar-refractivity contribution < 1.29 is 9.84 Å². The summed E-state index contributed by atoms with van der Waals surface area (Å²) in [5.41, 5.74) is 0. The van der Waals surface area contributed by atoms with Crippen molar-refractivity contribution >= 4 is 11.6 Å². The van der Waals surface area contributed by atoms with E-state index in [0.29, 0.717) is 11.1 Å². The smallest absolute Gasteiger partial charge is 0.126 e. The maximum absolute atomic E-state index is 10.6. The van der Waals surface area contributed by atoms with Gasteiger partial charge in [0.05, 0.1) is 0 Å². The fraction of sp³-hybridized carbons (Fsp3) is 0.647. The number of benzene rings is 1. The van der Waals surface area contributed by atoms with Crippen LogP contribution in [0.1, 0.15) is 46.0 Å². The van der Waals surface area contributed by atoms with E-state index in [1.54, 1.807) is 6.07 Å². The van der Waals surface area contributed by atoms with Gasteiger partial charge in [0.15, 0.2) is 0 Å². The third kappa shape index (κ3) is 4.60. The van der Waals surface area contributed by atoms with E-state index in [-0.39, 0.29) is 12.1 Å². The van der Waals surface area contributed by atoms with Crippen molar-refractivity contribution in [3.05, 3.63) is 29.3 Å². The number of halogens is 1. The lowest BCUT2D eigenvalue weighted by atomic mass is 9.89. The highest BCUT2D eigenvalue weighted by Crippen LogP contribution is 2.26. The summed E-state index contributed by atoms with van der Waals surface area (Å²) in [6.07, 6.45) is 4.49. The molecule has 4 heteroatoms. The van der Waals surface area contributed by atoms with Crippen LogP contribution in [0, 0.1) is 0 Å². The average molecular weight is 312 g/mol. The summed E-state index contributed by atoms with van der Waals surface area (Å²) < 4.78 is 5.95. The first kappa shape index (κ1) is 16.6. The molecule has 0 aromatic heterocycles. The van der Waals surface area contributed by atoms with E-state index in [0.717, 1.165) is 37.9 Å². The van der Waals surface area contributed by atoms with E-state index in [2.05, 4.69) is 19.2 Å². The van der Waals surface area contributed by atoms with Gasteiger partial charge in [-0.15, -0.1) is 0 Å². The number of hydrogen-bond acceptors (Lipinski definition) is 3. The van der Waals surface area contributed by atoms with Crippen molar-refractivity contribution in [2.75, 3.05) is 0 Å². The van der Waals surface area contributed by atoms with E-state index in [1.807, 2.05) is 18.2 Å². The molecule has 1 aliphatic rings. The predicted octanol–water partition coefficient (Wildman–Crippen LogP) is 3.78. The highest BCUT2D eigenvalue weighted by atomic mass is 35.5. The van der Waals surface area contributed by atoms with Crippen LogP contribution in [-0.4, -0.2) is 29.4 Å². The maximum Gasteiger partial charge on any atom is 0.126 e. The Bertz CT molecular complexity index is 437. The molecule has 1 saturated carbocycles. The van der Waals surface area contributed by atoms with E-state index >= 15 is 0 Å². The molecule has 0 spiro atoms. The first-order valence-electron chi connectivity index (χ1n) is 8.00. The molecule has 0 aliphatic heterocycles. The summed E-state index contributed by atoms with van der Waals surface area (Å²) in [5, 5.41) is 14.8. The minimum Gasteiger partial charge on any atom is -0.488 e. The molecule has 1 fully saturated rings. The van der Waals surface area contributed by atoms with Crippen LogP contribution in [0.15, 0.2) is 24.3 Å². The van der Waals surface area contributed by atoms with E-state index in [4.69, 9.17) is 16.3 Å². The van der Waals surface area contributed by atoms with Crippen molar-refractivity contribution in [3.8, 4) is 5.75 Å². The van der Waals surface area contributed by atoms with Gasteiger partial charge in [0, 0.05) is 17.1 Å². The third-order valence-corrected chi connectivity index (χ3v) is 4.55. The second-order valence-electron chi connectivity index (χ2n) is 5.82. The average Bonchev–Trinajstić information content (AvgIpc) is 2.48. The van der Waals surface area contributed by atoms with Crippen molar-refractivity contribution in [2.24, 2.45) is 0 Å². The zero-order valence-corrected chi connectivity index (χ0v) is 13.6. The summed E-state index contributed by atoms with van der Waals surface area (Å²) in [6.45, 7) is 4.35. The van der Waals surface area contributed by atoms with Gasteiger partial charge in [-0.2, -0.15) is 0 Å². The van der Waals surface area contributed by atoms with Crippen molar-refractivity contribution in [1.29, 1.82) is 0 Å². The number of ether oxygens (including phenoxy) is 1. The molecule has 1 aliphatic carbocycles. The molecule has 1 aromatic rings. The number of rotatable bonds is 6. The SMILES string of the molecule is CCC(CC)N[C@H]1CCC[C@@H](Oc2cccc(Cl)c2)[C@@H]1O. The van der Waals surface area contributed by atoms with Crippen LogP contribution in [0.2, 0.25) is 5.02 Å².